The number of fused-ring (bicyclic) bond motifs is 1. The van der Waals surface area contributed by atoms with Gasteiger partial charge in [0, 0.05) is 11.5 Å². The van der Waals surface area contributed by atoms with E-state index in [1.165, 1.54) is 25.7 Å². The number of nitrogens with zero attached hydrogens (tertiary/aromatic N) is 1. The summed E-state index contributed by atoms with van der Waals surface area (Å²) in [6.07, 6.45) is 5.21. The maximum Gasteiger partial charge on any atom is 0.203 e. The predicted octanol–water partition coefficient (Wildman–Crippen LogP) is 4.70. The maximum atomic E-state index is 9.15. The second-order valence-corrected chi connectivity index (χ2v) is 7.42. The van der Waals surface area contributed by atoms with Crippen LogP contribution in [0.1, 0.15) is 24.8 Å². The van der Waals surface area contributed by atoms with Gasteiger partial charge in [-0.3, -0.25) is 0 Å². The highest BCUT2D eigenvalue weighted by Gasteiger charge is 2.57. The lowest BCUT2D eigenvalue weighted by molar-refractivity contribution is -0.0838. The molecule has 2 saturated carbocycles. The van der Waals surface area contributed by atoms with Crippen molar-refractivity contribution in [2.45, 2.75) is 31.7 Å². The van der Waals surface area contributed by atoms with Gasteiger partial charge in [0.2, 0.25) is 6.29 Å². The summed E-state index contributed by atoms with van der Waals surface area (Å²) in [7, 11) is 0. The Bertz CT molecular complexity index is 842. The molecule has 26 heavy (non-hydrogen) atoms. The van der Waals surface area contributed by atoms with Gasteiger partial charge in [-0.2, -0.15) is 5.26 Å². The van der Waals surface area contributed by atoms with E-state index < -0.39 is 0 Å². The van der Waals surface area contributed by atoms with Crippen LogP contribution < -0.4 is 9.47 Å². The Hall–Kier alpha value is -2.51. The number of para-hydroxylation sites is 2. The van der Waals surface area contributed by atoms with Gasteiger partial charge in [-0.15, -0.1) is 0 Å². The van der Waals surface area contributed by atoms with Crippen LogP contribution in [0.2, 0.25) is 0 Å². The molecular formula is C22H20NO3. The molecule has 0 amide bonds. The minimum absolute atomic E-state index is 0.246. The van der Waals surface area contributed by atoms with Crippen molar-refractivity contribution in [3.8, 4) is 23.3 Å². The molecule has 2 aliphatic carbocycles. The Balaban J connectivity index is 1.45. The molecule has 0 unspecified atom stereocenters. The molecule has 3 aliphatic rings. The summed E-state index contributed by atoms with van der Waals surface area (Å²) in [4.78, 5) is 0. The van der Waals surface area contributed by atoms with Crippen molar-refractivity contribution in [2.24, 2.45) is 17.8 Å². The lowest BCUT2D eigenvalue weighted by Crippen LogP contribution is -2.24. The number of ether oxygens (including phenoxy) is 3. The number of hydrogen-bond acceptors (Lipinski definition) is 4. The van der Waals surface area contributed by atoms with E-state index in [2.05, 4.69) is 6.07 Å². The normalized spacial score (nSPS) is 31.0. The smallest absolute Gasteiger partial charge is 0.203 e. The minimum atomic E-state index is -0.246. The molecule has 2 bridgehead atoms. The quantitative estimate of drug-likeness (QED) is 0.787. The second kappa shape index (κ2) is 6.34. The Kier molecular flexibility index (Phi) is 3.83. The highest BCUT2D eigenvalue weighted by Crippen LogP contribution is 2.56. The fraction of sp³-hybridized carbons (Fsp3) is 0.364. The maximum absolute atomic E-state index is 9.15. The number of benzene rings is 2. The van der Waals surface area contributed by atoms with Crippen molar-refractivity contribution in [1.82, 2.24) is 0 Å². The molecule has 4 heteroatoms. The van der Waals surface area contributed by atoms with Crippen LogP contribution in [0.25, 0.3) is 0 Å². The first-order valence-electron chi connectivity index (χ1n) is 9.22. The molecule has 1 saturated heterocycles. The molecule has 131 valence electrons. The van der Waals surface area contributed by atoms with Gasteiger partial charge in [0.15, 0.2) is 11.5 Å². The molecule has 2 aromatic rings. The molecular weight excluding hydrogens is 326 g/mol. The van der Waals surface area contributed by atoms with Crippen LogP contribution in [0.4, 0.5) is 0 Å². The second-order valence-electron chi connectivity index (χ2n) is 7.42. The van der Waals surface area contributed by atoms with Crippen molar-refractivity contribution in [2.75, 3.05) is 0 Å². The van der Waals surface area contributed by atoms with E-state index >= 15 is 0 Å². The SMILES string of the molecule is N#C[CH]c1cccc(Oc2ccccc2)c1O[C@H]1O[C@@H]2C[C@H]3C[C@@H]2[C@H]1C3. The first-order chi connectivity index (χ1) is 12.8. The third-order valence-electron chi connectivity index (χ3n) is 5.90. The van der Waals surface area contributed by atoms with Crippen molar-refractivity contribution in [3.05, 3.63) is 60.5 Å². The van der Waals surface area contributed by atoms with E-state index in [-0.39, 0.29) is 6.29 Å². The van der Waals surface area contributed by atoms with Gasteiger partial charge < -0.3 is 14.2 Å². The zero-order valence-electron chi connectivity index (χ0n) is 14.4. The van der Waals surface area contributed by atoms with E-state index in [4.69, 9.17) is 19.5 Å². The Morgan fingerprint density at radius 1 is 1.00 bits per heavy atom. The number of rotatable bonds is 5. The van der Waals surface area contributed by atoms with Crippen LogP contribution >= 0.6 is 0 Å². The van der Waals surface area contributed by atoms with E-state index in [0.29, 0.717) is 29.4 Å². The highest BCUT2D eigenvalue weighted by atomic mass is 16.7. The van der Waals surface area contributed by atoms with E-state index in [0.717, 1.165) is 17.2 Å². The zero-order chi connectivity index (χ0) is 17.5. The first-order valence-corrected chi connectivity index (χ1v) is 9.22. The van der Waals surface area contributed by atoms with Gasteiger partial charge in [-0.1, -0.05) is 30.3 Å². The third-order valence-corrected chi connectivity index (χ3v) is 5.90. The lowest BCUT2D eigenvalue weighted by Gasteiger charge is -2.22. The van der Waals surface area contributed by atoms with E-state index in [1.807, 2.05) is 48.5 Å². The monoisotopic (exact) mass is 346 g/mol. The molecule has 3 fully saturated rings. The number of nitriles is 1. The predicted molar refractivity (Wildman–Crippen MR) is 95.6 cm³/mol. The van der Waals surface area contributed by atoms with Crippen LogP contribution in [0.15, 0.2) is 48.5 Å². The van der Waals surface area contributed by atoms with Gasteiger partial charge in [0.1, 0.15) is 5.75 Å². The Morgan fingerprint density at radius 3 is 2.62 bits per heavy atom. The highest BCUT2D eigenvalue weighted by molar-refractivity contribution is 5.53. The third kappa shape index (κ3) is 2.64. The number of hydrogen-bond donors (Lipinski definition) is 0. The van der Waals surface area contributed by atoms with Crippen LogP contribution in [0.5, 0.6) is 17.2 Å². The summed E-state index contributed by atoms with van der Waals surface area (Å²) in [5.74, 6) is 3.82. The standard InChI is InChI=1S/C22H20NO3/c23-10-9-15-5-4-8-19(24-16-6-2-1-3-7-16)21(15)26-22-18-12-14-11-17(18)20(13-14)25-22/h1-9,14,17-18,20,22H,11-13H2/t14-,17+,18+,20+,22+/m0/s1. The molecule has 0 spiro atoms. The fourth-order valence-electron chi connectivity index (χ4n) is 4.85. The van der Waals surface area contributed by atoms with Crippen LogP contribution in [-0.2, 0) is 4.74 Å². The van der Waals surface area contributed by atoms with E-state index in [1.54, 1.807) is 0 Å². The van der Waals surface area contributed by atoms with Crippen molar-refractivity contribution in [1.29, 1.82) is 5.26 Å². The Morgan fingerprint density at radius 2 is 1.85 bits per heavy atom. The van der Waals surface area contributed by atoms with Crippen molar-refractivity contribution in [3.63, 3.8) is 0 Å². The lowest BCUT2D eigenvalue weighted by atomic mass is 9.89. The van der Waals surface area contributed by atoms with Gasteiger partial charge in [0.05, 0.1) is 18.6 Å². The van der Waals surface area contributed by atoms with Gasteiger partial charge in [0.25, 0.3) is 0 Å². The molecule has 5 atom stereocenters. The molecule has 1 heterocycles. The summed E-state index contributed by atoms with van der Waals surface area (Å²) in [5, 5.41) is 9.15. The molecule has 1 aliphatic heterocycles. The zero-order valence-corrected chi connectivity index (χ0v) is 14.4. The molecule has 0 N–H and O–H groups in total. The fourth-order valence-corrected chi connectivity index (χ4v) is 4.85. The first kappa shape index (κ1) is 15.7. The topological polar surface area (TPSA) is 51.5 Å². The molecule has 5 rings (SSSR count). The van der Waals surface area contributed by atoms with Gasteiger partial charge in [-0.05, 0) is 49.3 Å². The summed E-state index contributed by atoms with van der Waals surface area (Å²) < 4.78 is 18.6. The average Bonchev–Trinajstić information content (AvgIpc) is 3.28. The summed E-state index contributed by atoms with van der Waals surface area (Å²) in [5.41, 5.74) is 0.721. The van der Waals surface area contributed by atoms with Crippen LogP contribution in [0, 0.1) is 35.5 Å². The Labute approximate surface area is 153 Å². The molecule has 1 radical (unpaired) electrons. The molecule has 2 aromatic carbocycles. The summed E-state index contributed by atoms with van der Waals surface area (Å²) >= 11 is 0. The molecule has 4 nitrogen and oxygen atoms in total. The minimum Gasteiger partial charge on any atom is -0.460 e. The van der Waals surface area contributed by atoms with Crippen LogP contribution in [-0.4, -0.2) is 12.4 Å². The van der Waals surface area contributed by atoms with Gasteiger partial charge in [-0.25, -0.2) is 0 Å². The van der Waals surface area contributed by atoms with Crippen molar-refractivity contribution >= 4 is 0 Å². The van der Waals surface area contributed by atoms with Crippen molar-refractivity contribution < 1.29 is 14.2 Å². The summed E-state index contributed by atoms with van der Waals surface area (Å²) in [6, 6.07) is 17.3. The summed E-state index contributed by atoms with van der Waals surface area (Å²) in [6.45, 7) is 0. The largest absolute Gasteiger partial charge is 0.460 e. The van der Waals surface area contributed by atoms with Gasteiger partial charge >= 0.3 is 0 Å². The molecule has 0 aromatic heterocycles. The van der Waals surface area contributed by atoms with E-state index in [9.17, 15) is 0 Å². The average molecular weight is 346 g/mol. The van der Waals surface area contributed by atoms with Crippen LogP contribution in [0.3, 0.4) is 0 Å².